The molecular formula is C16H25N3O. The summed E-state index contributed by atoms with van der Waals surface area (Å²) in [6, 6.07) is 3.77. The summed E-state index contributed by atoms with van der Waals surface area (Å²) in [7, 11) is 0. The van der Waals surface area contributed by atoms with Crippen molar-refractivity contribution in [3.8, 4) is 0 Å². The van der Waals surface area contributed by atoms with Crippen LogP contribution in [0.1, 0.15) is 49.9 Å². The van der Waals surface area contributed by atoms with Gasteiger partial charge in [-0.15, -0.1) is 0 Å². The molecule has 0 saturated carbocycles. The van der Waals surface area contributed by atoms with Crippen LogP contribution >= 0.6 is 0 Å². The minimum Gasteiger partial charge on any atom is -0.370 e. The van der Waals surface area contributed by atoms with Crippen molar-refractivity contribution in [2.75, 3.05) is 25.0 Å². The van der Waals surface area contributed by atoms with Gasteiger partial charge in [0.2, 0.25) is 0 Å². The van der Waals surface area contributed by atoms with Crippen LogP contribution in [0.25, 0.3) is 0 Å². The van der Waals surface area contributed by atoms with E-state index in [0.29, 0.717) is 11.5 Å². The topological polar surface area (TPSA) is 45.2 Å². The molecule has 1 fully saturated rings. The van der Waals surface area contributed by atoms with E-state index in [0.717, 1.165) is 44.7 Å². The molecule has 1 atom stereocenters. The SMILES string of the molecule is CCCNc1ccc(C(=O)N2CCCC(CC)C2)cn1. The van der Waals surface area contributed by atoms with Crippen LogP contribution in [0.15, 0.2) is 18.3 Å². The standard InChI is InChI=1S/C16H25N3O/c1-3-9-17-15-8-7-14(11-18-15)16(20)19-10-5-6-13(4-2)12-19/h7-8,11,13H,3-6,9-10,12H2,1-2H3,(H,17,18). The maximum atomic E-state index is 12.5. The molecule has 1 amide bonds. The van der Waals surface area contributed by atoms with Gasteiger partial charge in [-0.1, -0.05) is 20.3 Å². The summed E-state index contributed by atoms with van der Waals surface area (Å²) in [4.78, 5) is 18.7. The van der Waals surface area contributed by atoms with E-state index in [4.69, 9.17) is 0 Å². The van der Waals surface area contributed by atoms with E-state index < -0.39 is 0 Å². The number of hydrogen-bond acceptors (Lipinski definition) is 3. The highest BCUT2D eigenvalue weighted by molar-refractivity contribution is 5.94. The zero-order chi connectivity index (χ0) is 14.4. The lowest BCUT2D eigenvalue weighted by molar-refractivity contribution is 0.0671. The summed E-state index contributed by atoms with van der Waals surface area (Å²) in [6.07, 6.45) is 6.28. The first-order valence-electron chi connectivity index (χ1n) is 7.73. The van der Waals surface area contributed by atoms with E-state index in [2.05, 4.69) is 24.1 Å². The number of piperidine rings is 1. The fourth-order valence-electron chi connectivity index (χ4n) is 2.64. The normalized spacial score (nSPS) is 18.9. The zero-order valence-corrected chi connectivity index (χ0v) is 12.6. The second kappa shape index (κ2) is 7.27. The van der Waals surface area contributed by atoms with E-state index in [9.17, 15) is 4.79 Å². The molecule has 1 N–H and O–H groups in total. The molecule has 1 saturated heterocycles. The van der Waals surface area contributed by atoms with E-state index in [1.54, 1.807) is 6.20 Å². The summed E-state index contributed by atoms with van der Waals surface area (Å²) in [6.45, 7) is 7.00. The van der Waals surface area contributed by atoms with Crippen LogP contribution in [-0.4, -0.2) is 35.4 Å². The summed E-state index contributed by atoms with van der Waals surface area (Å²) in [5.41, 5.74) is 0.698. The number of hydrogen-bond donors (Lipinski definition) is 1. The van der Waals surface area contributed by atoms with Gasteiger partial charge in [0.25, 0.3) is 5.91 Å². The summed E-state index contributed by atoms with van der Waals surface area (Å²) < 4.78 is 0. The number of aromatic nitrogens is 1. The molecule has 2 rings (SSSR count). The highest BCUT2D eigenvalue weighted by Gasteiger charge is 2.23. The third kappa shape index (κ3) is 3.71. The van der Waals surface area contributed by atoms with Gasteiger partial charge in [0.05, 0.1) is 5.56 Å². The molecule has 0 radical (unpaired) electrons. The lowest BCUT2D eigenvalue weighted by Gasteiger charge is -2.32. The zero-order valence-electron chi connectivity index (χ0n) is 12.6. The Morgan fingerprint density at radius 3 is 2.95 bits per heavy atom. The Kier molecular flexibility index (Phi) is 5.39. The predicted molar refractivity (Wildman–Crippen MR) is 81.9 cm³/mol. The Hall–Kier alpha value is -1.58. The predicted octanol–water partition coefficient (Wildman–Crippen LogP) is 3.17. The molecule has 0 spiro atoms. The van der Waals surface area contributed by atoms with Gasteiger partial charge in [-0.05, 0) is 37.3 Å². The number of amides is 1. The molecule has 1 aliphatic rings. The number of carbonyl (C=O) groups is 1. The van der Waals surface area contributed by atoms with Crippen molar-refractivity contribution >= 4 is 11.7 Å². The van der Waals surface area contributed by atoms with Crippen molar-refractivity contribution in [2.24, 2.45) is 5.92 Å². The first-order chi connectivity index (χ1) is 9.74. The Balaban J connectivity index is 1.98. The molecule has 110 valence electrons. The fourth-order valence-corrected chi connectivity index (χ4v) is 2.64. The minimum absolute atomic E-state index is 0.123. The number of rotatable bonds is 5. The number of nitrogens with zero attached hydrogens (tertiary/aromatic N) is 2. The van der Waals surface area contributed by atoms with Gasteiger partial charge in [0.15, 0.2) is 0 Å². The average Bonchev–Trinajstić information content (AvgIpc) is 2.52. The third-order valence-corrected chi connectivity index (χ3v) is 3.95. The van der Waals surface area contributed by atoms with Gasteiger partial charge < -0.3 is 10.2 Å². The lowest BCUT2D eigenvalue weighted by Crippen LogP contribution is -2.39. The Morgan fingerprint density at radius 1 is 1.45 bits per heavy atom. The quantitative estimate of drug-likeness (QED) is 0.897. The number of pyridine rings is 1. The van der Waals surface area contributed by atoms with Crippen molar-refractivity contribution in [1.82, 2.24) is 9.88 Å². The molecule has 1 aliphatic heterocycles. The number of nitrogens with one attached hydrogen (secondary N) is 1. The molecular weight excluding hydrogens is 250 g/mol. The van der Waals surface area contributed by atoms with Crippen LogP contribution in [0.3, 0.4) is 0 Å². The van der Waals surface area contributed by atoms with Crippen molar-refractivity contribution < 1.29 is 4.79 Å². The van der Waals surface area contributed by atoms with Crippen molar-refractivity contribution in [3.05, 3.63) is 23.9 Å². The van der Waals surface area contributed by atoms with Gasteiger partial charge in [-0.2, -0.15) is 0 Å². The van der Waals surface area contributed by atoms with Crippen LogP contribution in [0.2, 0.25) is 0 Å². The average molecular weight is 275 g/mol. The molecule has 1 aromatic rings. The maximum Gasteiger partial charge on any atom is 0.255 e. The Bertz CT molecular complexity index is 430. The molecule has 0 aromatic carbocycles. The monoisotopic (exact) mass is 275 g/mol. The maximum absolute atomic E-state index is 12.5. The molecule has 1 unspecified atom stereocenters. The molecule has 0 aliphatic carbocycles. The number of carbonyl (C=O) groups excluding carboxylic acids is 1. The Labute approximate surface area is 121 Å². The number of anilines is 1. The van der Waals surface area contributed by atoms with Crippen LogP contribution < -0.4 is 5.32 Å². The summed E-state index contributed by atoms with van der Waals surface area (Å²) in [5.74, 6) is 1.62. The molecule has 0 bridgehead atoms. The smallest absolute Gasteiger partial charge is 0.255 e. The Morgan fingerprint density at radius 2 is 2.30 bits per heavy atom. The van der Waals surface area contributed by atoms with E-state index in [1.165, 1.54) is 6.42 Å². The van der Waals surface area contributed by atoms with Crippen molar-refractivity contribution in [3.63, 3.8) is 0 Å². The molecule has 4 nitrogen and oxygen atoms in total. The largest absolute Gasteiger partial charge is 0.370 e. The third-order valence-electron chi connectivity index (χ3n) is 3.95. The van der Waals surface area contributed by atoms with Crippen molar-refractivity contribution in [2.45, 2.75) is 39.5 Å². The van der Waals surface area contributed by atoms with E-state index in [-0.39, 0.29) is 5.91 Å². The first kappa shape index (κ1) is 14.8. The molecule has 2 heterocycles. The van der Waals surface area contributed by atoms with Crippen molar-refractivity contribution in [1.29, 1.82) is 0 Å². The van der Waals surface area contributed by atoms with Gasteiger partial charge in [0, 0.05) is 25.8 Å². The van der Waals surface area contributed by atoms with Gasteiger partial charge >= 0.3 is 0 Å². The van der Waals surface area contributed by atoms with Crippen LogP contribution in [0.4, 0.5) is 5.82 Å². The van der Waals surface area contributed by atoms with Crippen LogP contribution in [0, 0.1) is 5.92 Å². The highest BCUT2D eigenvalue weighted by Crippen LogP contribution is 2.21. The first-order valence-corrected chi connectivity index (χ1v) is 7.73. The minimum atomic E-state index is 0.123. The van der Waals surface area contributed by atoms with E-state index >= 15 is 0 Å². The lowest BCUT2D eigenvalue weighted by atomic mass is 9.95. The van der Waals surface area contributed by atoms with Crippen LogP contribution in [0.5, 0.6) is 0 Å². The molecule has 20 heavy (non-hydrogen) atoms. The summed E-state index contributed by atoms with van der Waals surface area (Å²) in [5, 5.41) is 3.22. The highest BCUT2D eigenvalue weighted by atomic mass is 16.2. The fraction of sp³-hybridized carbons (Fsp3) is 0.625. The second-order valence-corrected chi connectivity index (χ2v) is 5.53. The van der Waals surface area contributed by atoms with Gasteiger partial charge in [-0.3, -0.25) is 4.79 Å². The summed E-state index contributed by atoms with van der Waals surface area (Å²) >= 11 is 0. The van der Waals surface area contributed by atoms with Crippen LogP contribution in [-0.2, 0) is 0 Å². The second-order valence-electron chi connectivity index (χ2n) is 5.53. The molecule has 4 heteroatoms. The number of likely N-dealkylation sites (tertiary alicyclic amines) is 1. The van der Waals surface area contributed by atoms with Gasteiger partial charge in [0.1, 0.15) is 5.82 Å². The molecule has 1 aromatic heterocycles. The van der Waals surface area contributed by atoms with Gasteiger partial charge in [-0.25, -0.2) is 4.98 Å². The van der Waals surface area contributed by atoms with E-state index in [1.807, 2.05) is 17.0 Å².